The fraction of sp³-hybridized carbons (Fsp3) is 0.0909. The van der Waals surface area contributed by atoms with Crippen LogP contribution in [0.15, 0.2) is 83.8 Å². The van der Waals surface area contributed by atoms with E-state index in [2.05, 4.69) is 21.8 Å². The van der Waals surface area contributed by atoms with E-state index in [-0.39, 0.29) is 4.90 Å². The third kappa shape index (κ3) is 3.73. The van der Waals surface area contributed by atoms with E-state index >= 15 is 0 Å². The molecule has 0 saturated carbocycles. The molecule has 0 aliphatic rings. The summed E-state index contributed by atoms with van der Waals surface area (Å²) in [5.41, 5.74) is 3.55. The van der Waals surface area contributed by atoms with Gasteiger partial charge in [0.25, 0.3) is 10.0 Å². The summed E-state index contributed by atoms with van der Waals surface area (Å²) in [5.74, 6) is 0.643. The van der Waals surface area contributed by atoms with Gasteiger partial charge in [0.05, 0.1) is 11.5 Å². The minimum Gasteiger partial charge on any atom is -0.494 e. The number of anilines is 1. The molecule has 0 radical (unpaired) electrons. The fourth-order valence-corrected chi connectivity index (χ4v) is 4.10. The molecule has 0 unspecified atom stereocenters. The highest BCUT2D eigenvalue weighted by Crippen LogP contribution is 2.26. The quantitative estimate of drug-likeness (QED) is 0.483. The Morgan fingerprint density at radius 3 is 2.32 bits per heavy atom. The molecule has 6 heteroatoms. The van der Waals surface area contributed by atoms with Gasteiger partial charge >= 0.3 is 0 Å². The van der Waals surface area contributed by atoms with Crippen LogP contribution in [-0.2, 0) is 10.0 Å². The van der Waals surface area contributed by atoms with Crippen molar-refractivity contribution in [1.29, 1.82) is 0 Å². The molecule has 0 aliphatic carbocycles. The number of hydrogen-bond donors (Lipinski definition) is 2. The predicted molar refractivity (Wildman–Crippen MR) is 112 cm³/mol. The molecule has 3 aromatic carbocycles. The van der Waals surface area contributed by atoms with Crippen molar-refractivity contribution in [2.45, 2.75) is 11.8 Å². The first-order chi connectivity index (χ1) is 13.5. The second kappa shape index (κ2) is 7.40. The van der Waals surface area contributed by atoms with Crippen molar-refractivity contribution in [2.24, 2.45) is 0 Å². The number of fused-ring (bicyclic) bond motifs is 1. The van der Waals surface area contributed by atoms with Crippen molar-refractivity contribution >= 4 is 26.6 Å². The number of sulfonamides is 1. The van der Waals surface area contributed by atoms with Crippen LogP contribution in [0.3, 0.4) is 0 Å². The highest BCUT2D eigenvalue weighted by Gasteiger charge is 2.14. The molecule has 2 N–H and O–H groups in total. The summed E-state index contributed by atoms with van der Waals surface area (Å²) in [6.45, 7) is 2.42. The van der Waals surface area contributed by atoms with Gasteiger partial charge < -0.3 is 9.72 Å². The first kappa shape index (κ1) is 18.1. The Balaban J connectivity index is 1.53. The zero-order valence-corrected chi connectivity index (χ0v) is 16.2. The number of nitrogens with one attached hydrogen (secondary N) is 2. The van der Waals surface area contributed by atoms with E-state index in [9.17, 15) is 8.42 Å². The molecule has 0 aliphatic heterocycles. The molecule has 0 spiro atoms. The number of H-pyrrole nitrogens is 1. The van der Waals surface area contributed by atoms with E-state index in [4.69, 9.17) is 4.74 Å². The SMILES string of the molecule is CCOc1ccc(S(=O)(=O)Nc2ccc(-c3cc4ccccc4[nH]3)cc2)cc1. The summed E-state index contributed by atoms with van der Waals surface area (Å²) in [4.78, 5) is 3.56. The van der Waals surface area contributed by atoms with Gasteiger partial charge in [0.2, 0.25) is 0 Å². The van der Waals surface area contributed by atoms with E-state index in [0.29, 0.717) is 18.0 Å². The minimum absolute atomic E-state index is 0.190. The Bertz CT molecular complexity index is 1160. The van der Waals surface area contributed by atoms with Crippen LogP contribution in [0.5, 0.6) is 5.75 Å². The van der Waals surface area contributed by atoms with E-state index in [0.717, 1.165) is 22.2 Å². The smallest absolute Gasteiger partial charge is 0.261 e. The Hall–Kier alpha value is -3.25. The van der Waals surface area contributed by atoms with Crippen molar-refractivity contribution in [2.75, 3.05) is 11.3 Å². The van der Waals surface area contributed by atoms with Crippen molar-refractivity contribution in [3.05, 3.63) is 78.9 Å². The van der Waals surface area contributed by atoms with Gasteiger partial charge in [-0.2, -0.15) is 0 Å². The lowest BCUT2D eigenvalue weighted by Gasteiger charge is -2.09. The molecule has 0 fully saturated rings. The Labute approximate surface area is 164 Å². The average Bonchev–Trinajstić information content (AvgIpc) is 3.13. The third-order valence-electron chi connectivity index (χ3n) is 4.42. The first-order valence-corrected chi connectivity index (χ1v) is 10.5. The summed E-state index contributed by atoms with van der Waals surface area (Å²) in [5, 5.41) is 1.14. The average molecular weight is 392 g/mol. The molecule has 5 nitrogen and oxygen atoms in total. The Morgan fingerprint density at radius 1 is 0.929 bits per heavy atom. The van der Waals surface area contributed by atoms with Crippen LogP contribution in [0.2, 0.25) is 0 Å². The predicted octanol–water partition coefficient (Wildman–Crippen LogP) is 5.03. The van der Waals surface area contributed by atoms with Crippen LogP contribution in [0, 0.1) is 0 Å². The standard InChI is InChI=1S/C22H20N2O3S/c1-2-27-19-11-13-20(14-12-19)28(25,26)24-18-9-7-16(8-10-18)22-15-17-5-3-4-6-21(17)23-22/h3-15,23-24H,2H2,1H3. The molecule has 142 valence electrons. The zero-order chi connectivity index (χ0) is 19.6. The van der Waals surface area contributed by atoms with Crippen molar-refractivity contribution < 1.29 is 13.2 Å². The topological polar surface area (TPSA) is 71.2 Å². The van der Waals surface area contributed by atoms with Crippen LogP contribution in [0.1, 0.15) is 6.92 Å². The van der Waals surface area contributed by atoms with Crippen molar-refractivity contribution in [3.63, 3.8) is 0 Å². The maximum Gasteiger partial charge on any atom is 0.261 e. The van der Waals surface area contributed by atoms with Gasteiger partial charge in [0.1, 0.15) is 5.75 Å². The number of aromatic amines is 1. The first-order valence-electron chi connectivity index (χ1n) is 8.99. The molecule has 0 atom stereocenters. The number of aromatic nitrogens is 1. The molecule has 4 rings (SSSR count). The second-order valence-corrected chi connectivity index (χ2v) is 8.04. The molecule has 0 saturated heterocycles. The lowest BCUT2D eigenvalue weighted by molar-refractivity contribution is 0.340. The van der Waals surface area contributed by atoms with Gasteiger partial charge in [0.15, 0.2) is 0 Å². The number of para-hydroxylation sites is 1. The van der Waals surface area contributed by atoms with E-state index in [1.54, 1.807) is 24.3 Å². The summed E-state index contributed by atoms with van der Waals surface area (Å²) >= 11 is 0. The highest BCUT2D eigenvalue weighted by atomic mass is 32.2. The molecule has 1 aromatic heterocycles. The van der Waals surface area contributed by atoms with Crippen molar-refractivity contribution in [1.82, 2.24) is 4.98 Å². The van der Waals surface area contributed by atoms with Crippen LogP contribution >= 0.6 is 0 Å². The number of hydrogen-bond acceptors (Lipinski definition) is 3. The molecule has 0 amide bonds. The maximum atomic E-state index is 12.6. The lowest BCUT2D eigenvalue weighted by Crippen LogP contribution is -2.12. The highest BCUT2D eigenvalue weighted by molar-refractivity contribution is 7.92. The van der Waals surface area contributed by atoms with Gasteiger partial charge in [-0.3, -0.25) is 4.72 Å². The van der Waals surface area contributed by atoms with E-state index < -0.39 is 10.0 Å². The molecule has 1 heterocycles. The van der Waals surface area contributed by atoms with Crippen LogP contribution in [0.25, 0.3) is 22.2 Å². The molecule has 0 bridgehead atoms. The van der Waals surface area contributed by atoms with E-state index in [1.807, 2.05) is 37.3 Å². The van der Waals surface area contributed by atoms with E-state index in [1.165, 1.54) is 12.1 Å². The molecule has 4 aromatic rings. The fourth-order valence-electron chi connectivity index (χ4n) is 3.04. The maximum absolute atomic E-state index is 12.6. The van der Waals surface area contributed by atoms with Gasteiger partial charge in [-0.15, -0.1) is 0 Å². The van der Waals surface area contributed by atoms with Crippen LogP contribution < -0.4 is 9.46 Å². The molecule has 28 heavy (non-hydrogen) atoms. The van der Waals surface area contributed by atoms with Gasteiger partial charge in [0, 0.05) is 22.3 Å². The largest absolute Gasteiger partial charge is 0.494 e. The van der Waals surface area contributed by atoms with Crippen LogP contribution in [0.4, 0.5) is 5.69 Å². The zero-order valence-electron chi connectivity index (χ0n) is 15.3. The third-order valence-corrected chi connectivity index (χ3v) is 5.82. The summed E-state index contributed by atoms with van der Waals surface area (Å²) in [6, 6.07) is 23.8. The molecular weight excluding hydrogens is 372 g/mol. The summed E-state index contributed by atoms with van der Waals surface area (Å²) in [6.07, 6.45) is 0. The lowest BCUT2D eigenvalue weighted by atomic mass is 10.1. The number of rotatable bonds is 6. The summed E-state index contributed by atoms with van der Waals surface area (Å²) in [7, 11) is -3.66. The van der Waals surface area contributed by atoms with Gasteiger partial charge in [-0.25, -0.2) is 8.42 Å². The van der Waals surface area contributed by atoms with Gasteiger partial charge in [-0.05, 0) is 61.0 Å². The summed E-state index contributed by atoms with van der Waals surface area (Å²) < 4.78 is 33.1. The Kier molecular flexibility index (Phi) is 4.79. The Morgan fingerprint density at radius 2 is 1.64 bits per heavy atom. The van der Waals surface area contributed by atoms with Crippen LogP contribution in [-0.4, -0.2) is 20.0 Å². The number of benzene rings is 3. The second-order valence-electron chi connectivity index (χ2n) is 6.36. The number of ether oxygens (including phenoxy) is 1. The molecular formula is C22H20N2O3S. The monoisotopic (exact) mass is 392 g/mol. The minimum atomic E-state index is -3.66. The van der Waals surface area contributed by atoms with Gasteiger partial charge in [-0.1, -0.05) is 30.3 Å². The van der Waals surface area contributed by atoms with Crippen molar-refractivity contribution in [3.8, 4) is 17.0 Å². The normalized spacial score (nSPS) is 11.5.